The zero-order valence-corrected chi connectivity index (χ0v) is 12.5. The van der Waals surface area contributed by atoms with Crippen LogP contribution < -0.4 is 39.4 Å². The van der Waals surface area contributed by atoms with Crippen LogP contribution in [0.5, 0.6) is 11.5 Å². The molecule has 92 valence electrons. The molecular formula is C14H11NaO4. The first-order valence-electron chi connectivity index (χ1n) is 5.38. The number of benzene rings is 2. The third-order valence-electron chi connectivity index (χ3n) is 2.44. The number of aromatic hydroxyl groups is 1. The van der Waals surface area contributed by atoms with E-state index in [2.05, 4.69) is 0 Å². The number of hydrogen-bond acceptors (Lipinski definition) is 4. The second kappa shape index (κ2) is 7.19. The Labute approximate surface area is 132 Å². The molecule has 0 heterocycles. The molecule has 0 radical (unpaired) electrons. The fraction of sp³-hybridized carbons (Fsp3) is 0.0714. The van der Waals surface area contributed by atoms with Gasteiger partial charge in [0.25, 0.3) is 0 Å². The Bertz CT molecular complexity index is 555. The molecule has 0 atom stereocenters. The van der Waals surface area contributed by atoms with Crippen molar-refractivity contribution in [1.82, 2.24) is 0 Å². The molecule has 0 aliphatic carbocycles. The third-order valence-corrected chi connectivity index (χ3v) is 2.44. The Morgan fingerprint density at radius 3 is 2.42 bits per heavy atom. The van der Waals surface area contributed by atoms with Gasteiger partial charge in [0.1, 0.15) is 18.1 Å². The van der Waals surface area contributed by atoms with E-state index in [9.17, 15) is 15.0 Å². The summed E-state index contributed by atoms with van der Waals surface area (Å²) in [5.74, 6) is -1.37. The number of ether oxygens (including phenoxy) is 1. The smallest absolute Gasteiger partial charge is 0.545 e. The minimum Gasteiger partial charge on any atom is -0.545 e. The largest absolute Gasteiger partial charge is 1.00 e. The van der Waals surface area contributed by atoms with E-state index < -0.39 is 5.97 Å². The summed E-state index contributed by atoms with van der Waals surface area (Å²) < 4.78 is 5.43. The number of phenols is 1. The molecule has 0 aliphatic rings. The number of hydrogen-bond donors (Lipinski definition) is 1. The Kier molecular flexibility index (Phi) is 5.89. The van der Waals surface area contributed by atoms with Crippen LogP contribution in [0.1, 0.15) is 15.9 Å². The molecule has 2 aromatic carbocycles. The first-order chi connectivity index (χ1) is 8.66. The Hall–Kier alpha value is -1.49. The monoisotopic (exact) mass is 266 g/mol. The maximum absolute atomic E-state index is 10.6. The van der Waals surface area contributed by atoms with Crippen molar-refractivity contribution >= 4 is 5.97 Å². The van der Waals surface area contributed by atoms with Crippen molar-refractivity contribution < 1.29 is 49.3 Å². The van der Waals surface area contributed by atoms with Crippen LogP contribution in [0.15, 0.2) is 48.5 Å². The predicted molar refractivity (Wildman–Crippen MR) is 63.2 cm³/mol. The first kappa shape index (κ1) is 15.6. The topological polar surface area (TPSA) is 69.6 Å². The molecule has 2 rings (SSSR count). The summed E-state index contributed by atoms with van der Waals surface area (Å²) in [6.45, 7) is 0.352. The molecule has 0 amide bonds. The van der Waals surface area contributed by atoms with Gasteiger partial charge >= 0.3 is 29.6 Å². The molecule has 0 aromatic heterocycles. The van der Waals surface area contributed by atoms with E-state index in [-0.39, 0.29) is 40.9 Å². The van der Waals surface area contributed by atoms with Crippen LogP contribution in [0.25, 0.3) is 0 Å². The molecule has 2 aromatic rings. The number of carboxylic acids is 1. The molecule has 0 saturated heterocycles. The van der Waals surface area contributed by atoms with Crippen LogP contribution in [0.3, 0.4) is 0 Å². The maximum Gasteiger partial charge on any atom is 1.00 e. The van der Waals surface area contributed by atoms with Crippen LogP contribution in [0.4, 0.5) is 0 Å². The van der Waals surface area contributed by atoms with E-state index in [4.69, 9.17) is 4.74 Å². The molecule has 19 heavy (non-hydrogen) atoms. The normalized spacial score (nSPS) is 9.47. The number of rotatable bonds is 4. The van der Waals surface area contributed by atoms with Crippen LogP contribution >= 0.6 is 0 Å². The quantitative estimate of drug-likeness (QED) is 0.672. The summed E-state index contributed by atoms with van der Waals surface area (Å²) in [6.07, 6.45) is 0. The number of carbonyl (C=O) groups excluding carboxylic acids is 1. The third kappa shape index (κ3) is 4.28. The molecule has 5 heteroatoms. The average Bonchev–Trinajstić information content (AvgIpc) is 2.37. The van der Waals surface area contributed by atoms with Crippen LogP contribution in [0.2, 0.25) is 0 Å². The van der Waals surface area contributed by atoms with Gasteiger partial charge in [0.15, 0.2) is 0 Å². The van der Waals surface area contributed by atoms with E-state index >= 15 is 0 Å². The van der Waals surface area contributed by atoms with E-state index in [0.717, 1.165) is 5.56 Å². The van der Waals surface area contributed by atoms with Gasteiger partial charge in [0.05, 0.1) is 5.97 Å². The van der Waals surface area contributed by atoms with Crippen LogP contribution in [0, 0.1) is 0 Å². The molecule has 0 unspecified atom stereocenters. The Morgan fingerprint density at radius 2 is 1.84 bits per heavy atom. The van der Waals surface area contributed by atoms with Crippen molar-refractivity contribution in [3.05, 3.63) is 59.7 Å². The predicted octanol–water partition coefficient (Wildman–Crippen LogP) is -1.66. The fourth-order valence-corrected chi connectivity index (χ4v) is 1.51. The van der Waals surface area contributed by atoms with Crippen molar-refractivity contribution in [2.75, 3.05) is 0 Å². The van der Waals surface area contributed by atoms with Gasteiger partial charge in [-0.15, -0.1) is 0 Å². The summed E-state index contributed by atoms with van der Waals surface area (Å²) >= 11 is 0. The molecule has 4 nitrogen and oxygen atoms in total. The molecule has 0 bridgehead atoms. The minimum atomic E-state index is -1.41. The zero-order valence-electron chi connectivity index (χ0n) is 10.5. The molecule has 0 fully saturated rings. The number of carboxylic acid groups (broad SMARTS) is 1. The van der Waals surface area contributed by atoms with Crippen LogP contribution in [-0.2, 0) is 6.61 Å². The van der Waals surface area contributed by atoms with E-state index in [0.29, 0.717) is 12.4 Å². The fourth-order valence-electron chi connectivity index (χ4n) is 1.51. The summed E-state index contributed by atoms with van der Waals surface area (Å²) in [5, 5.41) is 20.1. The van der Waals surface area contributed by atoms with Crippen molar-refractivity contribution in [3.63, 3.8) is 0 Å². The van der Waals surface area contributed by atoms with Gasteiger partial charge in [-0.1, -0.05) is 30.3 Å². The van der Waals surface area contributed by atoms with Crippen LogP contribution in [-0.4, -0.2) is 11.1 Å². The summed E-state index contributed by atoms with van der Waals surface area (Å²) in [7, 11) is 0. The van der Waals surface area contributed by atoms with E-state index in [1.807, 2.05) is 30.3 Å². The summed E-state index contributed by atoms with van der Waals surface area (Å²) in [5.41, 5.74) is 0.739. The van der Waals surface area contributed by atoms with Crippen molar-refractivity contribution in [2.24, 2.45) is 0 Å². The van der Waals surface area contributed by atoms with Crippen molar-refractivity contribution in [1.29, 1.82) is 0 Å². The minimum absolute atomic E-state index is 0. The Morgan fingerprint density at radius 1 is 1.16 bits per heavy atom. The Balaban J connectivity index is 0.00000180. The van der Waals surface area contributed by atoms with Gasteiger partial charge in [-0.3, -0.25) is 0 Å². The van der Waals surface area contributed by atoms with Crippen molar-refractivity contribution in [2.45, 2.75) is 6.61 Å². The molecule has 0 saturated carbocycles. The van der Waals surface area contributed by atoms with Gasteiger partial charge in [0, 0.05) is 11.6 Å². The molecule has 0 aliphatic heterocycles. The SMILES string of the molecule is O=C([O-])c1ccc(OCc2ccccc2)cc1O.[Na+]. The van der Waals surface area contributed by atoms with Crippen molar-refractivity contribution in [3.8, 4) is 11.5 Å². The van der Waals surface area contributed by atoms with Gasteiger partial charge in [0.2, 0.25) is 0 Å². The average molecular weight is 266 g/mol. The number of aromatic carboxylic acids is 1. The summed E-state index contributed by atoms with van der Waals surface area (Å²) in [6, 6.07) is 13.5. The van der Waals surface area contributed by atoms with E-state index in [1.54, 1.807) is 0 Å². The first-order valence-corrected chi connectivity index (χ1v) is 5.38. The standard InChI is InChI=1S/C14H12O4.Na/c15-13-8-11(6-7-12(13)14(16)17)18-9-10-4-2-1-3-5-10;/h1-8,15H,9H2,(H,16,17);/q;+1/p-1. The van der Waals surface area contributed by atoms with Gasteiger partial charge in [-0.25, -0.2) is 0 Å². The summed E-state index contributed by atoms with van der Waals surface area (Å²) in [4.78, 5) is 10.6. The van der Waals surface area contributed by atoms with Gasteiger partial charge < -0.3 is 19.7 Å². The number of carbonyl (C=O) groups is 1. The van der Waals surface area contributed by atoms with E-state index in [1.165, 1.54) is 18.2 Å². The maximum atomic E-state index is 10.6. The molecule has 0 spiro atoms. The molecule has 1 N–H and O–H groups in total. The second-order valence-corrected chi connectivity index (χ2v) is 3.74. The molecular weight excluding hydrogens is 255 g/mol. The second-order valence-electron chi connectivity index (χ2n) is 3.74. The van der Waals surface area contributed by atoms with Gasteiger partial charge in [-0.05, 0) is 17.7 Å². The van der Waals surface area contributed by atoms with Gasteiger partial charge in [-0.2, -0.15) is 0 Å². The zero-order chi connectivity index (χ0) is 13.0.